The van der Waals surface area contributed by atoms with Crippen LogP contribution in [-0.4, -0.2) is 12.6 Å². The van der Waals surface area contributed by atoms with E-state index in [1.807, 2.05) is 6.92 Å². The molecule has 0 saturated carbocycles. The van der Waals surface area contributed by atoms with Gasteiger partial charge >= 0.3 is 11.6 Å². The smallest absolute Gasteiger partial charge is 0.363 e. The standard InChI is InChI=1S/C12H12FNO2/c1-3-16-11(15)12(13,8-14)10-6-4-9(2)5-7-10/h4-7H,3H2,1-2H3/t12-/m1/s1. The summed E-state index contributed by atoms with van der Waals surface area (Å²) >= 11 is 0. The SMILES string of the molecule is CCOC(=O)[C@@](F)(C#N)c1ccc(C)cc1. The predicted octanol–water partition coefficient (Wildman–Crippen LogP) is 2.25. The van der Waals surface area contributed by atoms with E-state index in [0.717, 1.165) is 5.56 Å². The van der Waals surface area contributed by atoms with Crippen LogP contribution >= 0.6 is 0 Å². The van der Waals surface area contributed by atoms with Crippen LogP contribution in [-0.2, 0) is 15.2 Å². The quantitative estimate of drug-likeness (QED) is 0.735. The Morgan fingerprint density at radius 1 is 1.50 bits per heavy atom. The molecule has 0 N–H and O–H groups in total. The molecule has 1 aromatic carbocycles. The Balaban J connectivity index is 3.10. The van der Waals surface area contributed by atoms with Crippen molar-refractivity contribution in [3.05, 3.63) is 35.4 Å². The predicted molar refractivity (Wildman–Crippen MR) is 56.2 cm³/mol. The average Bonchev–Trinajstić information content (AvgIpc) is 2.29. The van der Waals surface area contributed by atoms with Crippen LogP contribution in [0, 0.1) is 18.3 Å². The molecule has 0 unspecified atom stereocenters. The molecule has 1 rings (SSSR count). The molecule has 0 radical (unpaired) electrons. The molecular weight excluding hydrogens is 209 g/mol. The van der Waals surface area contributed by atoms with Gasteiger partial charge in [0.15, 0.2) is 0 Å². The van der Waals surface area contributed by atoms with Gasteiger partial charge in [0.1, 0.15) is 6.07 Å². The number of nitriles is 1. The molecule has 0 bridgehead atoms. The van der Waals surface area contributed by atoms with Gasteiger partial charge < -0.3 is 4.74 Å². The van der Waals surface area contributed by atoms with Gasteiger partial charge in [-0.05, 0) is 13.8 Å². The lowest BCUT2D eigenvalue weighted by Gasteiger charge is -2.15. The van der Waals surface area contributed by atoms with E-state index >= 15 is 0 Å². The van der Waals surface area contributed by atoms with E-state index in [0.29, 0.717) is 0 Å². The van der Waals surface area contributed by atoms with Gasteiger partial charge in [0.25, 0.3) is 0 Å². The molecule has 4 heteroatoms. The molecule has 3 nitrogen and oxygen atoms in total. The number of nitrogens with zero attached hydrogens (tertiary/aromatic N) is 1. The highest BCUT2D eigenvalue weighted by atomic mass is 19.1. The first-order chi connectivity index (χ1) is 7.54. The number of alkyl halides is 1. The second-order valence-corrected chi connectivity index (χ2v) is 3.36. The molecule has 84 valence electrons. The van der Waals surface area contributed by atoms with Crippen LogP contribution in [0.25, 0.3) is 0 Å². The third kappa shape index (κ3) is 2.19. The number of rotatable bonds is 3. The lowest BCUT2D eigenvalue weighted by Crippen LogP contribution is -2.31. The fourth-order valence-electron chi connectivity index (χ4n) is 1.24. The van der Waals surface area contributed by atoms with Crippen molar-refractivity contribution in [3.63, 3.8) is 0 Å². The molecule has 0 aliphatic heterocycles. The van der Waals surface area contributed by atoms with Crippen molar-refractivity contribution in [1.29, 1.82) is 5.26 Å². The Labute approximate surface area is 93.5 Å². The fourth-order valence-corrected chi connectivity index (χ4v) is 1.24. The molecule has 0 fully saturated rings. The van der Waals surface area contributed by atoms with Crippen LogP contribution in [0.2, 0.25) is 0 Å². The highest BCUT2D eigenvalue weighted by Crippen LogP contribution is 2.27. The average molecular weight is 221 g/mol. The second kappa shape index (κ2) is 4.75. The maximum atomic E-state index is 14.1. The van der Waals surface area contributed by atoms with Crippen molar-refractivity contribution in [2.45, 2.75) is 19.5 Å². The molecule has 0 aliphatic rings. The monoisotopic (exact) mass is 221 g/mol. The summed E-state index contributed by atoms with van der Waals surface area (Å²) in [6.07, 6.45) is 0. The zero-order valence-corrected chi connectivity index (χ0v) is 9.16. The topological polar surface area (TPSA) is 50.1 Å². The molecular formula is C12H12FNO2. The molecule has 16 heavy (non-hydrogen) atoms. The summed E-state index contributed by atoms with van der Waals surface area (Å²) in [5, 5.41) is 8.78. The van der Waals surface area contributed by atoms with Gasteiger partial charge in [-0.25, -0.2) is 9.18 Å². The van der Waals surface area contributed by atoms with Crippen LogP contribution < -0.4 is 0 Å². The van der Waals surface area contributed by atoms with Crippen molar-refractivity contribution >= 4 is 5.97 Å². The van der Waals surface area contributed by atoms with Crippen molar-refractivity contribution in [2.75, 3.05) is 6.61 Å². The Morgan fingerprint density at radius 3 is 2.50 bits per heavy atom. The molecule has 0 aliphatic carbocycles. The summed E-state index contributed by atoms with van der Waals surface area (Å²) in [5.74, 6) is -1.17. The molecule has 0 aromatic heterocycles. The maximum absolute atomic E-state index is 14.1. The Hall–Kier alpha value is -1.89. The lowest BCUT2D eigenvalue weighted by molar-refractivity contribution is -0.154. The van der Waals surface area contributed by atoms with E-state index in [2.05, 4.69) is 4.74 Å². The van der Waals surface area contributed by atoms with E-state index in [4.69, 9.17) is 5.26 Å². The zero-order chi connectivity index (χ0) is 12.2. The number of benzene rings is 1. The number of ether oxygens (including phenoxy) is 1. The van der Waals surface area contributed by atoms with Gasteiger partial charge in [-0.1, -0.05) is 29.8 Å². The number of esters is 1. The molecule has 0 amide bonds. The molecule has 0 saturated heterocycles. The van der Waals surface area contributed by atoms with Gasteiger partial charge in [-0.15, -0.1) is 0 Å². The number of hydrogen-bond donors (Lipinski definition) is 0. The summed E-state index contributed by atoms with van der Waals surface area (Å²) in [6.45, 7) is 3.43. The van der Waals surface area contributed by atoms with Crippen LogP contribution in [0.4, 0.5) is 4.39 Å². The van der Waals surface area contributed by atoms with Crippen LogP contribution in [0.5, 0.6) is 0 Å². The highest BCUT2D eigenvalue weighted by Gasteiger charge is 2.42. The summed E-state index contributed by atoms with van der Waals surface area (Å²) in [6, 6.07) is 7.46. The Bertz CT molecular complexity index is 422. The van der Waals surface area contributed by atoms with E-state index < -0.39 is 11.6 Å². The molecule has 0 spiro atoms. The van der Waals surface area contributed by atoms with Gasteiger partial charge in [-0.3, -0.25) is 0 Å². The third-order valence-electron chi connectivity index (χ3n) is 2.16. The van der Waals surface area contributed by atoms with Crippen LogP contribution in [0.15, 0.2) is 24.3 Å². The largest absolute Gasteiger partial charge is 0.463 e. The van der Waals surface area contributed by atoms with E-state index in [1.165, 1.54) is 18.2 Å². The molecule has 1 aromatic rings. The zero-order valence-electron chi connectivity index (χ0n) is 9.16. The first-order valence-electron chi connectivity index (χ1n) is 4.89. The number of carbonyl (C=O) groups excluding carboxylic acids is 1. The van der Waals surface area contributed by atoms with E-state index in [-0.39, 0.29) is 12.2 Å². The minimum absolute atomic E-state index is 0.000880. The minimum Gasteiger partial charge on any atom is -0.463 e. The first kappa shape index (κ1) is 12.2. The van der Waals surface area contributed by atoms with E-state index in [1.54, 1.807) is 19.1 Å². The lowest BCUT2D eigenvalue weighted by atomic mass is 9.96. The number of aryl methyl sites for hydroxylation is 1. The maximum Gasteiger partial charge on any atom is 0.363 e. The normalized spacial score (nSPS) is 13.6. The van der Waals surface area contributed by atoms with Crippen molar-refractivity contribution < 1.29 is 13.9 Å². The van der Waals surface area contributed by atoms with Crippen molar-refractivity contribution in [1.82, 2.24) is 0 Å². The number of hydrogen-bond acceptors (Lipinski definition) is 3. The highest BCUT2D eigenvalue weighted by molar-refractivity contribution is 5.84. The summed E-state index contributed by atoms with van der Waals surface area (Å²) in [7, 11) is 0. The molecule has 1 atom stereocenters. The second-order valence-electron chi connectivity index (χ2n) is 3.36. The van der Waals surface area contributed by atoms with Gasteiger partial charge in [0.2, 0.25) is 0 Å². The van der Waals surface area contributed by atoms with Crippen LogP contribution in [0.3, 0.4) is 0 Å². The van der Waals surface area contributed by atoms with E-state index in [9.17, 15) is 9.18 Å². The van der Waals surface area contributed by atoms with Gasteiger partial charge in [0.05, 0.1) is 6.61 Å². The third-order valence-corrected chi connectivity index (χ3v) is 2.16. The van der Waals surface area contributed by atoms with Crippen LogP contribution in [0.1, 0.15) is 18.1 Å². The van der Waals surface area contributed by atoms with Gasteiger partial charge in [-0.2, -0.15) is 5.26 Å². The Morgan fingerprint density at radius 2 is 2.06 bits per heavy atom. The Kier molecular flexibility index (Phi) is 3.62. The van der Waals surface area contributed by atoms with Gasteiger partial charge in [0, 0.05) is 5.56 Å². The first-order valence-corrected chi connectivity index (χ1v) is 4.89. The summed E-state index contributed by atoms with van der Waals surface area (Å²) in [4.78, 5) is 11.4. The fraction of sp³-hybridized carbons (Fsp3) is 0.333. The number of carbonyl (C=O) groups is 1. The van der Waals surface area contributed by atoms with Crippen molar-refractivity contribution in [2.24, 2.45) is 0 Å². The molecule has 0 heterocycles. The number of halogens is 1. The summed E-state index contributed by atoms with van der Waals surface area (Å²) < 4.78 is 18.7. The van der Waals surface area contributed by atoms with Crippen molar-refractivity contribution in [3.8, 4) is 6.07 Å². The minimum atomic E-state index is -2.72. The summed E-state index contributed by atoms with van der Waals surface area (Å²) in [5.41, 5.74) is -1.80.